The molecule has 1 N–H and O–H groups in total. The molecule has 0 radical (unpaired) electrons. The van der Waals surface area contributed by atoms with Gasteiger partial charge in [0.15, 0.2) is 0 Å². The fourth-order valence-corrected chi connectivity index (χ4v) is 2.32. The molecule has 0 unspecified atom stereocenters. The molecular weight excluding hydrogens is 254 g/mol. The van der Waals surface area contributed by atoms with Gasteiger partial charge in [-0.3, -0.25) is 9.63 Å². The van der Waals surface area contributed by atoms with Crippen LogP contribution in [0.1, 0.15) is 43.2 Å². The van der Waals surface area contributed by atoms with Crippen molar-refractivity contribution in [1.82, 2.24) is 5.48 Å². The van der Waals surface area contributed by atoms with Crippen LogP contribution in [0.25, 0.3) is 0 Å². The summed E-state index contributed by atoms with van der Waals surface area (Å²) in [5.41, 5.74) is 4.75. The summed E-state index contributed by atoms with van der Waals surface area (Å²) in [4.78, 5) is 17.0. The molecule has 110 valence electrons. The Kier molecular flexibility index (Phi) is 5.41. The highest BCUT2D eigenvalue weighted by Crippen LogP contribution is 2.20. The zero-order chi connectivity index (χ0) is 14.4. The molecule has 0 spiro atoms. The van der Waals surface area contributed by atoms with Gasteiger partial charge in [-0.05, 0) is 43.9 Å². The van der Waals surface area contributed by atoms with Crippen molar-refractivity contribution in [3.63, 3.8) is 0 Å². The number of ether oxygens (including phenoxy) is 1. The van der Waals surface area contributed by atoms with Crippen LogP contribution >= 0.6 is 0 Å². The van der Waals surface area contributed by atoms with Crippen molar-refractivity contribution >= 4 is 5.91 Å². The molecule has 1 fully saturated rings. The molecule has 1 aromatic carbocycles. The van der Waals surface area contributed by atoms with Crippen molar-refractivity contribution in [1.29, 1.82) is 0 Å². The van der Waals surface area contributed by atoms with Crippen LogP contribution in [0.15, 0.2) is 18.2 Å². The molecule has 0 bridgehead atoms. The lowest BCUT2D eigenvalue weighted by atomic mass is 10.1. The molecule has 0 heterocycles. The van der Waals surface area contributed by atoms with Crippen LogP contribution in [-0.4, -0.2) is 18.6 Å². The second kappa shape index (κ2) is 7.29. The van der Waals surface area contributed by atoms with Crippen LogP contribution in [0.2, 0.25) is 0 Å². The van der Waals surface area contributed by atoms with Crippen molar-refractivity contribution in [2.75, 3.05) is 6.61 Å². The third-order valence-electron chi connectivity index (χ3n) is 3.57. The third kappa shape index (κ3) is 4.53. The van der Waals surface area contributed by atoms with Gasteiger partial charge in [0.25, 0.3) is 0 Å². The molecule has 0 atom stereocenters. The van der Waals surface area contributed by atoms with Crippen molar-refractivity contribution < 1.29 is 14.4 Å². The molecule has 4 nitrogen and oxygen atoms in total. The number of nitrogens with one attached hydrogen (secondary N) is 1. The number of benzene rings is 1. The number of rotatable bonds is 6. The molecule has 1 aliphatic carbocycles. The number of amides is 1. The molecule has 4 heteroatoms. The van der Waals surface area contributed by atoms with Crippen LogP contribution in [-0.2, 0) is 9.63 Å². The first-order valence-corrected chi connectivity index (χ1v) is 7.29. The predicted octanol–water partition coefficient (Wildman–Crippen LogP) is 3.06. The maximum Gasteiger partial charge on any atom is 0.246 e. The minimum atomic E-state index is -0.123. The second-order valence-electron chi connectivity index (χ2n) is 5.42. The Bertz CT molecular complexity index is 453. The number of carbonyl (C=O) groups excluding carboxylic acids is 1. The van der Waals surface area contributed by atoms with E-state index in [1.807, 2.05) is 32.0 Å². The Labute approximate surface area is 120 Å². The zero-order valence-electron chi connectivity index (χ0n) is 12.3. The molecule has 0 aliphatic heterocycles. The lowest BCUT2D eigenvalue weighted by Crippen LogP contribution is -2.29. The van der Waals surface area contributed by atoms with Gasteiger partial charge in [0, 0.05) is 0 Å². The minimum absolute atomic E-state index is 0.123. The van der Waals surface area contributed by atoms with Gasteiger partial charge in [0.1, 0.15) is 5.75 Å². The molecule has 1 amide bonds. The monoisotopic (exact) mass is 277 g/mol. The fraction of sp³-hybridized carbons (Fsp3) is 0.562. The summed E-state index contributed by atoms with van der Waals surface area (Å²) in [5, 5.41) is 0. The predicted molar refractivity (Wildman–Crippen MR) is 77.5 cm³/mol. The van der Waals surface area contributed by atoms with E-state index in [1.165, 1.54) is 12.8 Å². The zero-order valence-corrected chi connectivity index (χ0v) is 12.3. The molecule has 1 saturated carbocycles. The van der Waals surface area contributed by atoms with E-state index in [0.29, 0.717) is 13.0 Å². The number of hydrogen-bond donors (Lipinski definition) is 1. The Morgan fingerprint density at radius 2 is 2.05 bits per heavy atom. The number of aryl methyl sites for hydroxylation is 2. The van der Waals surface area contributed by atoms with E-state index in [9.17, 15) is 4.79 Å². The average molecular weight is 277 g/mol. The molecule has 2 rings (SSSR count). The summed E-state index contributed by atoms with van der Waals surface area (Å²) in [6.07, 6.45) is 4.96. The molecular formula is C16H23NO3. The molecule has 1 aliphatic rings. The highest BCUT2D eigenvalue weighted by molar-refractivity contribution is 5.74. The quantitative estimate of drug-likeness (QED) is 0.813. The van der Waals surface area contributed by atoms with Crippen molar-refractivity contribution in [2.24, 2.45) is 0 Å². The SMILES string of the molecule is Cc1ccc(C)c(OCCC(=O)NOC2CCCC2)c1. The normalized spacial score (nSPS) is 15.3. The summed E-state index contributed by atoms with van der Waals surface area (Å²) in [6.45, 7) is 4.39. The van der Waals surface area contributed by atoms with Crippen molar-refractivity contribution in [2.45, 2.75) is 52.1 Å². The van der Waals surface area contributed by atoms with Crippen LogP contribution in [0, 0.1) is 13.8 Å². The van der Waals surface area contributed by atoms with Gasteiger partial charge in [-0.15, -0.1) is 0 Å². The maximum absolute atomic E-state index is 11.6. The molecule has 20 heavy (non-hydrogen) atoms. The van der Waals surface area contributed by atoms with Gasteiger partial charge in [0.05, 0.1) is 19.1 Å². The number of hydrogen-bond acceptors (Lipinski definition) is 3. The lowest BCUT2D eigenvalue weighted by molar-refractivity contribution is -0.138. The Balaban J connectivity index is 1.66. The summed E-state index contributed by atoms with van der Waals surface area (Å²) >= 11 is 0. The minimum Gasteiger partial charge on any atom is -0.493 e. The first-order chi connectivity index (χ1) is 9.65. The standard InChI is InChI=1S/C16H23NO3/c1-12-7-8-13(2)15(11-12)19-10-9-16(18)17-20-14-5-3-4-6-14/h7-8,11,14H,3-6,9-10H2,1-2H3,(H,17,18). The third-order valence-corrected chi connectivity index (χ3v) is 3.57. The molecule has 0 saturated heterocycles. The van der Waals surface area contributed by atoms with E-state index in [2.05, 4.69) is 5.48 Å². The topological polar surface area (TPSA) is 47.6 Å². The molecule has 0 aromatic heterocycles. The number of hydroxylamine groups is 1. The van der Waals surface area contributed by atoms with E-state index in [1.54, 1.807) is 0 Å². The van der Waals surface area contributed by atoms with Gasteiger partial charge >= 0.3 is 0 Å². The van der Waals surface area contributed by atoms with Gasteiger partial charge in [-0.1, -0.05) is 25.0 Å². The van der Waals surface area contributed by atoms with Gasteiger partial charge < -0.3 is 4.74 Å². The van der Waals surface area contributed by atoms with Crippen LogP contribution < -0.4 is 10.2 Å². The van der Waals surface area contributed by atoms with Crippen molar-refractivity contribution in [3.05, 3.63) is 29.3 Å². The van der Waals surface area contributed by atoms with Crippen LogP contribution in [0.5, 0.6) is 5.75 Å². The summed E-state index contributed by atoms with van der Waals surface area (Å²) in [5.74, 6) is 0.719. The number of carbonyl (C=O) groups is 1. The summed E-state index contributed by atoms with van der Waals surface area (Å²) < 4.78 is 5.64. The Morgan fingerprint density at radius 1 is 1.30 bits per heavy atom. The molecule has 1 aromatic rings. The fourth-order valence-electron chi connectivity index (χ4n) is 2.32. The van der Waals surface area contributed by atoms with Gasteiger partial charge in [-0.25, -0.2) is 5.48 Å². The van der Waals surface area contributed by atoms with Gasteiger partial charge in [0.2, 0.25) is 5.91 Å². The van der Waals surface area contributed by atoms with Crippen LogP contribution in [0.3, 0.4) is 0 Å². The highest BCUT2D eigenvalue weighted by Gasteiger charge is 2.16. The van der Waals surface area contributed by atoms with Crippen LogP contribution in [0.4, 0.5) is 0 Å². The van der Waals surface area contributed by atoms with Gasteiger partial charge in [-0.2, -0.15) is 0 Å². The maximum atomic E-state index is 11.6. The van der Waals surface area contributed by atoms with E-state index in [-0.39, 0.29) is 12.0 Å². The van der Waals surface area contributed by atoms with E-state index in [4.69, 9.17) is 9.57 Å². The lowest BCUT2D eigenvalue weighted by Gasteiger charge is -2.12. The summed E-state index contributed by atoms with van der Waals surface area (Å²) in [7, 11) is 0. The largest absolute Gasteiger partial charge is 0.493 e. The second-order valence-corrected chi connectivity index (χ2v) is 5.42. The summed E-state index contributed by atoms with van der Waals surface area (Å²) in [6, 6.07) is 6.06. The van der Waals surface area contributed by atoms with E-state index >= 15 is 0 Å². The average Bonchev–Trinajstić information content (AvgIpc) is 2.93. The Hall–Kier alpha value is -1.55. The van der Waals surface area contributed by atoms with E-state index < -0.39 is 0 Å². The Morgan fingerprint density at radius 3 is 2.80 bits per heavy atom. The first-order valence-electron chi connectivity index (χ1n) is 7.29. The highest BCUT2D eigenvalue weighted by atomic mass is 16.7. The smallest absolute Gasteiger partial charge is 0.246 e. The van der Waals surface area contributed by atoms with E-state index in [0.717, 1.165) is 29.7 Å². The van der Waals surface area contributed by atoms with Crippen molar-refractivity contribution in [3.8, 4) is 5.75 Å². The first kappa shape index (κ1) is 14.9.